The maximum Gasteiger partial charge on any atom is 0.238 e. The second-order valence-electron chi connectivity index (χ2n) is 4.47. The SMILES string of the molecule is CCC(O)(CC)CNc1ccc(S(N)(=O)=O)cc1F. The van der Waals surface area contributed by atoms with Crippen LogP contribution in [-0.4, -0.2) is 25.7 Å². The highest BCUT2D eigenvalue weighted by atomic mass is 32.2. The van der Waals surface area contributed by atoms with Crippen LogP contribution in [0.4, 0.5) is 10.1 Å². The summed E-state index contributed by atoms with van der Waals surface area (Å²) in [4.78, 5) is -0.281. The van der Waals surface area contributed by atoms with Crippen LogP contribution in [0.15, 0.2) is 23.1 Å². The van der Waals surface area contributed by atoms with Crippen molar-refractivity contribution >= 4 is 15.7 Å². The topological polar surface area (TPSA) is 92.4 Å². The third kappa shape index (κ3) is 4.15. The van der Waals surface area contributed by atoms with Gasteiger partial charge in [-0.15, -0.1) is 0 Å². The van der Waals surface area contributed by atoms with Gasteiger partial charge in [-0.3, -0.25) is 0 Å². The molecule has 0 fully saturated rings. The highest BCUT2D eigenvalue weighted by molar-refractivity contribution is 7.89. The largest absolute Gasteiger partial charge is 0.388 e. The summed E-state index contributed by atoms with van der Waals surface area (Å²) in [6.45, 7) is 3.86. The molecule has 5 nitrogen and oxygen atoms in total. The number of hydrogen-bond acceptors (Lipinski definition) is 4. The van der Waals surface area contributed by atoms with Gasteiger partial charge < -0.3 is 10.4 Å². The Balaban J connectivity index is 2.87. The predicted octanol–water partition coefficient (Wildman–Crippen LogP) is 1.44. The van der Waals surface area contributed by atoms with Crippen LogP contribution in [0, 0.1) is 5.82 Å². The van der Waals surface area contributed by atoms with Gasteiger partial charge in [0.1, 0.15) is 5.82 Å². The van der Waals surface area contributed by atoms with Crippen molar-refractivity contribution in [2.24, 2.45) is 5.14 Å². The van der Waals surface area contributed by atoms with Crippen molar-refractivity contribution in [2.75, 3.05) is 11.9 Å². The molecule has 0 aliphatic carbocycles. The Labute approximate surface area is 112 Å². The van der Waals surface area contributed by atoms with Gasteiger partial charge >= 0.3 is 0 Å². The molecule has 7 heteroatoms. The van der Waals surface area contributed by atoms with Gasteiger partial charge in [-0.1, -0.05) is 13.8 Å². The minimum atomic E-state index is -3.91. The van der Waals surface area contributed by atoms with Crippen molar-refractivity contribution < 1.29 is 17.9 Å². The van der Waals surface area contributed by atoms with Gasteiger partial charge in [0.2, 0.25) is 10.0 Å². The van der Waals surface area contributed by atoms with Crippen molar-refractivity contribution in [1.82, 2.24) is 0 Å². The Bertz CT molecular complexity index is 542. The highest BCUT2D eigenvalue weighted by Crippen LogP contribution is 2.21. The van der Waals surface area contributed by atoms with E-state index in [0.717, 1.165) is 6.07 Å². The number of anilines is 1. The van der Waals surface area contributed by atoms with E-state index in [9.17, 15) is 17.9 Å². The Morgan fingerprint density at radius 2 is 1.95 bits per heavy atom. The number of halogens is 1. The summed E-state index contributed by atoms with van der Waals surface area (Å²) in [6, 6.07) is 3.37. The summed E-state index contributed by atoms with van der Waals surface area (Å²) >= 11 is 0. The maximum atomic E-state index is 13.7. The van der Waals surface area contributed by atoms with Crippen LogP contribution in [-0.2, 0) is 10.0 Å². The fourth-order valence-electron chi connectivity index (χ4n) is 1.58. The molecule has 0 atom stereocenters. The zero-order chi connectivity index (χ0) is 14.7. The van der Waals surface area contributed by atoms with Gasteiger partial charge in [0.25, 0.3) is 0 Å². The zero-order valence-corrected chi connectivity index (χ0v) is 11.8. The molecule has 0 amide bonds. The van der Waals surface area contributed by atoms with Crippen molar-refractivity contribution in [2.45, 2.75) is 37.2 Å². The molecule has 0 saturated heterocycles. The van der Waals surface area contributed by atoms with Crippen LogP contribution in [0.5, 0.6) is 0 Å². The minimum Gasteiger partial charge on any atom is -0.388 e. The Hall–Kier alpha value is -1.18. The molecule has 1 rings (SSSR count). The monoisotopic (exact) mass is 290 g/mol. The first-order valence-electron chi connectivity index (χ1n) is 6.00. The molecular weight excluding hydrogens is 271 g/mol. The summed E-state index contributed by atoms with van der Waals surface area (Å²) < 4.78 is 35.8. The van der Waals surface area contributed by atoms with Crippen LogP contribution >= 0.6 is 0 Å². The summed E-state index contributed by atoms with van der Waals surface area (Å²) in [6.07, 6.45) is 1.07. The van der Waals surface area contributed by atoms with Gasteiger partial charge in [0, 0.05) is 6.54 Å². The number of nitrogens with one attached hydrogen (secondary N) is 1. The first-order chi connectivity index (χ1) is 8.72. The number of primary sulfonamides is 1. The molecule has 1 aromatic rings. The van der Waals surface area contributed by atoms with E-state index in [0.29, 0.717) is 12.8 Å². The van der Waals surface area contributed by atoms with Gasteiger partial charge in [-0.2, -0.15) is 0 Å². The molecule has 0 spiro atoms. The molecule has 1 aromatic carbocycles. The molecule has 0 aliphatic rings. The van der Waals surface area contributed by atoms with Crippen LogP contribution in [0.1, 0.15) is 26.7 Å². The summed E-state index contributed by atoms with van der Waals surface area (Å²) in [7, 11) is -3.91. The first-order valence-corrected chi connectivity index (χ1v) is 7.55. The lowest BCUT2D eigenvalue weighted by atomic mass is 9.97. The molecule has 0 unspecified atom stereocenters. The zero-order valence-electron chi connectivity index (χ0n) is 11.0. The average Bonchev–Trinajstić information content (AvgIpc) is 2.35. The van der Waals surface area contributed by atoms with E-state index in [2.05, 4.69) is 5.32 Å². The molecule has 4 N–H and O–H groups in total. The van der Waals surface area contributed by atoms with Gasteiger partial charge in [-0.25, -0.2) is 17.9 Å². The number of benzene rings is 1. The van der Waals surface area contributed by atoms with E-state index in [-0.39, 0.29) is 17.1 Å². The minimum absolute atomic E-state index is 0.132. The van der Waals surface area contributed by atoms with Gasteiger partial charge in [0.15, 0.2) is 0 Å². The Morgan fingerprint density at radius 3 is 2.37 bits per heavy atom. The number of hydrogen-bond donors (Lipinski definition) is 3. The molecule has 0 radical (unpaired) electrons. The van der Waals surface area contributed by atoms with E-state index < -0.39 is 21.4 Å². The fourth-order valence-corrected chi connectivity index (χ4v) is 2.10. The van der Waals surface area contributed by atoms with Crippen molar-refractivity contribution in [1.29, 1.82) is 0 Å². The molecule has 19 heavy (non-hydrogen) atoms. The van der Waals surface area contributed by atoms with Crippen LogP contribution in [0.2, 0.25) is 0 Å². The maximum absolute atomic E-state index is 13.7. The first kappa shape index (κ1) is 15.9. The highest BCUT2D eigenvalue weighted by Gasteiger charge is 2.22. The Morgan fingerprint density at radius 1 is 1.37 bits per heavy atom. The van der Waals surface area contributed by atoms with Gasteiger partial charge in [-0.05, 0) is 31.0 Å². The average molecular weight is 290 g/mol. The van der Waals surface area contributed by atoms with E-state index in [1.165, 1.54) is 12.1 Å². The molecular formula is C12H19FN2O3S. The Kier molecular flexibility index (Phi) is 4.89. The molecule has 0 aliphatic heterocycles. The van der Waals surface area contributed by atoms with Crippen LogP contribution in [0.3, 0.4) is 0 Å². The number of aliphatic hydroxyl groups is 1. The molecule has 0 saturated carbocycles. The van der Waals surface area contributed by atoms with Crippen LogP contribution < -0.4 is 10.5 Å². The fraction of sp³-hybridized carbons (Fsp3) is 0.500. The van der Waals surface area contributed by atoms with Crippen LogP contribution in [0.25, 0.3) is 0 Å². The molecule has 0 heterocycles. The third-order valence-corrected chi connectivity index (χ3v) is 4.10. The van der Waals surface area contributed by atoms with Crippen molar-refractivity contribution in [3.05, 3.63) is 24.0 Å². The third-order valence-electron chi connectivity index (χ3n) is 3.19. The van der Waals surface area contributed by atoms with E-state index in [4.69, 9.17) is 5.14 Å². The number of sulfonamides is 1. The normalized spacial score (nSPS) is 12.5. The predicted molar refractivity (Wildman–Crippen MR) is 71.8 cm³/mol. The molecule has 0 bridgehead atoms. The van der Waals surface area contributed by atoms with E-state index >= 15 is 0 Å². The van der Waals surface area contributed by atoms with Gasteiger partial charge in [0.05, 0.1) is 16.2 Å². The van der Waals surface area contributed by atoms with E-state index in [1.807, 2.05) is 13.8 Å². The molecule has 108 valence electrons. The van der Waals surface area contributed by atoms with E-state index in [1.54, 1.807) is 0 Å². The smallest absolute Gasteiger partial charge is 0.238 e. The lowest BCUT2D eigenvalue weighted by Crippen LogP contribution is -2.35. The van der Waals surface area contributed by atoms with Crippen molar-refractivity contribution in [3.63, 3.8) is 0 Å². The lowest BCUT2D eigenvalue weighted by Gasteiger charge is -2.26. The summed E-state index contributed by atoms with van der Waals surface area (Å²) in [5.74, 6) is -0.721. The second kappa shape index (κ2) is 5.85. The second-order valence-corrected chi connectivity index (χ2v) is 6.03. The van der Waals surface area contributed by atoms with Crippen molar-refractivity contribution in [3.8, 4) is 0 Å². The lowest BCUT2D eigenvalue weighted by molar-refractivity contribution is 0.0456. The standard InChI is InChI=1S/C12H19FN2O3S/c1-3-12(16,4-2)8-15-11-6-5-9(7-10(11)13)19(14,17)18/h5-7,15-16H,3-4,8H2,1-2H3,(H2,14,17,18). The number of rotatable bonds is 6. The summed E-state index contributed by atoms with van der Waals surface area (Å²) in [5.41, 5.74) is -0.779. The summed E-state index contributed by atoms with van der Waals surface area (Å²) in [5, 5.41) is 17.7. The number of nitrogens with two attached hydrogens (primary N) is 1. The molecule has 0 aromatic heterocycles. The quantitative estimate of drug-likeness (QED) is 0.739.